The van der Waals surface area contributed by atoms with E-state index in [0.717, 1.165) is 58.1 Å². The monoisotopic (exact) mass is 1470 g/mol. The van der Waals surface area contributed by atoms with Crippen molar-refractivity contribution in [3.63, 3.8) is 0 Å². The van der Waals surface area contributed by atoms with Gasteiger partial charge in [0.05, 0.1) is 63.9 Å². The standard InChI is InChI=1S/C67H109N3O32/c1-4-5-6-7-8-9-10-11-12-13-14-15-16-17-21-24-46(82)70-37(39(79)26-25-38(78)36-22-19-18-20-23-36)33-93-63-55(89)53(87)57(44(31-74)96-63)98-65-56(90)61(102-67(66(91)92)27-40(80)47(68-34(2)76)60(101-67)49(83)41(81)28-71)58(45(32-75)97-65)99-62-48(69-35(3)77)59(51(85)43(30-73)94-62)100-64-54(88)52(86)50(84)42(29-72)95-64/h18-20,22-23,25-26,37,39-45,47-65,71-75,79-81,83-90H,4-17,21,24,27-33H2,1-3H3,(H,68,76)(H,69,77)(H,70,82)(H,91,92)/b26-25+/t37-,39+,40-,41+,42+,43+,44+,45+,47?,48+,49+,50-,51-,52-,53+,54+,55+,56+,57+,58-,59+,60?,61+,62-,63+,64-,65-,67-/m0/s1. The van der Waals surface area contributed by atoms with Gasteiger partial charge in [0.25, 0.3) is 5.79 Å². The number of nitrogens with one attached hydrogen (secondary N) is 3. The number of ketones is 1. The Morgan fingerprint density at radius 1 is 0.559 bits per heavy atom. The van der Waals surface area contributed by atoms with Crippen LogP contribution in [0.5, 0.6) is 0 Å². The van der Waals surface area contributed by atoms with Gasteiger partial charge in [0.2, 0.25) is 17.7 Å². The Hall–Kier alpha value is -4.53. The Morgan fingerprint density at radius 3 is 1.61 bits per heavy atom. The molecule has 20 N–H and O–H groups in total. The Kier molecular flexibility index (Phi) is 36.2. The number of hydrogen-bond acceptors (Lipinski definition) is 31. The van der Waals surface area contributed by atoms with E-state index in [1.165, 1.54) is 57.8 Å². The molecule has 6 rings (SSSR count). The summed E-state index contributed by atoms with van der Waals surface area (Å²) >= 11 is 0. The lowest BCUT2D eigenvalue weighted by molar-refractivity contribution is -0.403. The number of aliphatic carboxylic acids is 1. The maximum atomic E-state index is 13.8. The van der Waals surface area contributed by atoms with Crippen molar-refractivity contribution in [3.05, 3.63) is 48.0 Å². The van der Waals surface area contributed by atoms with E-state index in [4.69, 9.17) is 47.4 Å². The van der Waals surface area contributed by atoms with Crippen molar-refractivity contribution in [2.75, 3.05) is 39.6 Å². The number of allylic oxidation sites excluding steroid dienone is 1. The highest BCUT2D eigenvalue weighted by Gasteiger charge is 2.62. The highest BCUT2D eigenvalue weighted by atomic mass is 16.8. The summed E-state index contributed by atoms with van der Waals surface area (Å²) in [5.41, 5.74) is 0.286. The second-order valence-electron chi connectivity index (χ2n) is 26.6. The summed E-state index contributed by atoms with van der Waals surface area (Å²) in [5.74, 6) is -8.39. The third-order valence-electron chi connectivity index (χ3n) is 18.8. The first-order chi connectivity index (χ1) is 48.7. The van der Waals surface area contributed by atoms with Crippen LogP contribution in [-0.2, 0) is 66.5 Å². The van der Waals surface area contributed by atoms with Gasteiger partial charge in [-0.3, -0.25) is 19.2 Å². The molecule has 28 atom stereocenters. The smallest absolute Gasteiger partial charge is 0.364 e. The van der Waals surface area contributed by atoms with E-state index in [-0.39, 0.29) is 12.0 Å². The van der Waals surface area contributed by atoms with Crippen molar-refractivity contribution in [3.8, 4) is 0 Å². The first-order valence-electron chi connectivity index (χ1n) is 35.1. The van der Waals surface area contributed by atoms with Crippen LogP contribution in [0.2, 0.25) is 0 Å². The number of unbranched alkanes of at least 4 members (excludes halogenated alkanes) is 14. The molecule has 0 aromatic heterocycles. The largest absolute Gasteiger partial charge is 0.477 e. The molecular weight excluding hydrogens is 1360 g/mol. The molecule has 0 aliphatic carbocycles. The van der Waals surface area contributed by atoms with Crippen LogP contribution in [0.3, 0.4) is 0 Å². The number of aliphatic hydroxyl groups is 16. The van der Waals surface area contributed by atoms with Crippen molar-refractivity contribution in [2.24, 2.45) is 0 Å². The number of rotatable bonds is 42. The fourth-order valence-corrected chi connectivity index (χ4v) is 13.0. The number of aliphatic hydroxyl groups excluding tert-OH is 16. The fourth-order valence-electron chi connectivity index (χ4n) is 13.0. The normalized spacial score (nSPS) is 35.6. The number of carboxylic acids is 1. The lowest BCUT2D eigenvalue weighted by Crippen LogP contribution is -2.72. The maximum absolute atomic E-state index is 13.8. The van der Waals surface area contributed by atoms with Gasteiger partial charge >= 0.3 is 5.97 Å². The molecule has 584 valence electrons. The van der Waals surface area contributed by atoms with Crippen LogP contribution in [0.4, 0.5) is 0 Å². The molecule has 35 nitrogen and oxygen atoms in total. The van der Waals surface area contributed by atoms with Crippen molar-refractivity contribution in [1.29, 1.82) is 0 Å². The summed E-state index contributed by atoms with van der Waals surface area (Å²) in [7, 11) is 0. The summed E-state index contributed by atoms with van der Waals surface area (Å²) in [5, 5.41) is 196. The molecule has 5 saturated heterocycles. The Balaban J connectivity index is 1.25. The summed E-state index contributed by atoms with van der Waals surface area (Å²) in [4.78, 5) is 65.8. The number of amides is 3. The van der Waals surface area contributed by atoms with Crippen LogP contribution in [0.15, 0.2) is 42.5 Å². The van der Waals surface area contributed by atoms with E-state index in [0.29, 0.717) is 6.42 Å². The van der Waals surface area contributed by atoms with Crippen molar-refractivity contribution >= 4 is 29.5 Å². The summed E-state index contributed by atoms with van der Waals surface area (Å²) in [6.45, 7) is -2.20. The average molecular weight is 1470 g/mol. The zero-order valence-electron chi connectivity index (χ0n) is 57.6. The molecule has 5 aliphatic rings. The molecule has 3 amide bonds. The molecule has 0 bridgehead atoms. The lowest BCUT2D eigenvalue weighted by atomic mass is 9.88. The van der Waals surface area contributed by atoms with E-state index in [9.17, 15) is 111 Å². The highest BCUT2D eigenvalue weighted by Crippen LogP contribution is 2.41. The second-order valence-corrected chi connectivity index (χ2v) is 26.6. The van der Waals surface area contributed by atoms with E-state index in [1.54, 1.807) is 30.3 Å². The zero-order valence-corrected chi connectivity index (χ0v) is 57.6. The third-order valence-corrected chi connectivity index (χ3v) is 18.8. The van der Waals surface area contributed by atoms with Gasteiger partial charge in [0.15, 0.2) is 30.9 Å². The van der Waals surface area contributed by atoms with Gasteiger partial charge in [-0.15, -0.1) is 0 Å². The van der Waals surface area contributed by atoms with Gasteiger partial charge in [-0.1, -0.05) is 133 Å². The molecule has 102 heavy (non-hydrogen) atoms. The topological polar surface area (TPSA) is 558 Å². The molecule has 2 unspecified atom stereocenters. The van der Waals surface area contributed by atoms with Crippen LogP contribution in [0.25, 0.3) is 0 Å². The van der Waals surface area contributed by atoms with Crippen molar-refractivity contribution in [1.82, 2.24) is 16.0 Å². The minimum absolute atomic E-state index is 0.0416. The maximum Gasteiger partial charge on any atom is 0.364 e. The third kappa shape index (κ3) is 23.7. The molecule has 5 aliphatic heterocycles. The van der Waals surface area contributed by atoms with E-state index in [2.05, 4.69) is 22.9 Å². The number of carboxylic acid groups (broad SMARTS) is 1. The Morgan fingerprint density at radius 2 is 1.05 bits per heavy atom. The molecule has 0 spiro atoms. The molecule has 1 aromatic rings. The predicted molar refractivity (Wildman–Crippen MR) is 348 cm³/mol. The number of ether oxygens (including phenoxy) is 10. The molecule has 5 fully saturated rings. The summed E-state index contributed by atoms with van der Waals surface area (Å²) in [6.07, 6.45) is -32.8. The Bertz CT molecular complexity index is 2690. The predicted octanol–water partition coefficient (Wildman–Crippen LogP) is -4.86. The van der Waals surface area contributed by atoms with Crippen LogP contribution >= 0.6 is 0 Å². The van der Waals surface area contributed by atoms with Gasteiger partial charge in [-0.2, -0.15) is 0 Å². The zero-order chi connectivity index (χ0) is 75.0. The quantitative estimate of drug-likeness (QED) is 0.0166. The van der Waals surface area contributed by atoms with Gasteiger partial charge in [-0.25, -0.2) is 4.79 Å². The lowest BCUT2D eigenvalue weighted by Gasteiger charge is -2.52. The molecular formula is C67H109N3O32. The molecule has 35 heteroatoms. The number of carbonyl (C=O) groups is 5. The minimum Gasteiger partial charge on any atom is -0.477 e. The first kappa shape index (κ1) is 86.4. The van der Waals surface area contributed by atoms with Crippen LogP contribution in [0.1, 0.15) is 140 Å². The van der Waals surface area contributed by atoms with Crippen LogP contribution in [-0.4, -0.2) is 327 Å². The van der Waals surface area contributed by atoms with Crippen LogP contribution in [0, 0.1) is 0 Å². The average Bonchev–Trinajstić information content (AvgIpc) is 0.751. The van der Waals surface area contributed by atoms with Crippen molar-refractivity contribution < 1.29 is 158 Å². The SMILES string of the molecule is CCCCCCCCCCCCCCCCCC(=O)N[C@@H](CO[C@@H]1O[C@H](CO)[C@@H](O[C@@H]2O[C@H](CO)[C@H](O[C@@H]3O[C@H](CO)[C@H](O)[C@H](O[C@@H]4O[C@H](CO)[C@H](O)[C@H](O)[C@H]4O)[C@H]3NC(C)=O)[C@H](O[C@]3(C(=O)O)C[C@H](O)C(NC(C)=O)C([C@H](O)[C@H](O)CO)O3)[C@H]2O)[C@H](O)[C@H]1O)[C@H](O)/C=C/C(=O)c1ccccc1. The molecule has 0 saturated carbocycles. The number of benzene rings is 1. The fraction of sp³-hybridized carbons (Fsp3) is 0.806. The number of hydrogen-bond donors (Lipinski definition) is 20. The molecule has 5 heterocycles. The Labute approximate surface area is 590 Å². The van der Waals surface area contributed by atoms with Gasteiger partial charge in [-0.05, 0) is 12.5 Å². The van der Waals surface area contributed by atoms with E-state index >= 15 is 0 Å². The second kappa shape index (κ2) is 42.7. The first-order valence-corrected chi connectivity index (χ1v) is 35.1. The number of carbonyl (C=O) groups excluding carboxylic acids is 4. The molecule has 1 aromatic carbocycles. The van der Waals surface area contributed by atoms with Crippen molar-refractivity contribution in [2.45, 2.75) is 301 Å². The van der Waals surface area contributed by atoms with Gasteiger partial charge in [0, 0.05) is 32.3 Å². The van der Waals surface area contributed by atoms with E-state index in [1.807, 2.05) is 0 Å². The van der Waals surface area contributed by atoms with Gasteiger partial charge in [0.1, 0.15) is 116 Å². The van der Waals surface area contributed by atoms with E-state index < -0.39 is 247 Å². The minimum atomic E-state index is -3.40. The summed E-state index contributed by atoms with van der Waals surface area (Å²) in [6, 6.07) is 3.02. The summed E-state index contributed by atoms with van der Waals surface area (Å²) < 4.78 is 59.6. The molecule has 0 radical (unpaired) electrons. The van der Waals surface area contributed by atoms with Gasteiger partial charge < -0.3 is 150 Å². The van der Waals surface area contributed by atoms with Crippen LogP contribution < -0.4 is 16.0 Å². The highest BCUT2D eigenvalue weighted by molar-refractivity contribution is 6.04.